The number of carbonyl (C=O) groups is 1. The van der Waals surface area contributed by atoms with Crippen LogP contribution in [0.25, 0.3) is 22.3 Å². The number of benzene rings is 1. The van der Waals surface area contributed by atoms with Crippen molar-refractivity contribution in [3.05, 3.63) is 47.7 Å². The average molecular weight is 485 g/mol. The largest absolute Gasteiger partial charge is 0.351 e. The molecule has 182 valence electrons. The molecule has 0 saturated carbocycles. The number of carbonyl (C=O) groups excluding carboxylic acids is 1. The minimum absolute atomic E-state index is 0.110. The summed E-state index contributed by atoms with van der Waals surface area (Å²) in [6, 6.07) is 9.95. The van der Waals surface area contributed by atoms with Gasteiger partial charge in [0.1, 0.15) is 0 Å². The molecule has 1 aliphatic heterocycles. The zero-order chi connectivity index (χ0) is 24.5. The molecule has 9 nitrogen and oxygen atoms in total. The van der Waals surface area contributed by atoms with Crippen LogP contribution in [-0.4, -0.2) is 83.8 Å². The Bertz CT molecular complexity index is 1290. The number of amides is 1. The van der Waals surface area contributed by atoms with Crippen molar-refractivity contribution in [3.63, 3.8) is 0 Å². The fourth-order valence-corrected chi connectivity index (χ4v) is 5.12. The first-order valence-corrected chi connectivity index (χ1v) is 13.4. The van der Waals surface area contributed by atoms with Gasteiger partial charge in [-0.25, -0.2) is 18.1 Å². The monoisotopic (exact) mass is 484 g/mol. The summed E-state index contributed by atoms with van der Waals surface area (Å²) in [6.07, 6.45) is 2.95. The number of sulfonamides is 1. The quantitative estimate of drug-likeness (QED) is 0.552. The molecule has 0 unspecified atom stereocenters. The van der Waals surface area contributed by atoms with Crippen LogP contribution in [0.3, 0.4) is 0 Å². The van der Waals surface area contributed by atoms with E-state index >= 15 is 0 Å². The van der Waals surface area contributed by atoms with Crippen LogP contribution in [0.15, 0.2) is 36.5 Å². The molecule has 0 spiro atoms. The van der Waals surface area contributed by atoms with Crippen molar-refractivity contribution in [2.24, 2.45) is 0 Å². The molecule has 1 aliphatic rings. The van der Waals surface area contributed by atoms with Gasteiger partial charge in [0, 0.05) is 50.9 Å². The van der Waals surface area contributed by atoms with E-state index in [2.05, 4.69) is 15.3 Å². The maximum atomic E-state index is 13.2. The van der Waals surface area contributed by atoms with Gasteiger partial charge in [-0.05, 0) is 32.4 Å². The van der Waals surface area contributed by atoms with E-state index in [1.165, 1.54) is 10.6 Å². The van der Waals surface area contributed by atoms with Crippen molar-refractivity contribution in [3.8, 4) is 11.3 Å². The van der Waals surface area contributed by atoms with Gasteiger partial charge in [0.25, 0.3) is 5.91 Å². The highest BCUT2D eigenvalue weighted by Gasteiger charge is 2.23. The van der Waals surface area contributed by atoms with E-state index in [0.29, 0.717) is 50.5 Å². The Morgan fingerprint density at radius 2 is 1.85 bits per heavy atom. The molecule has 3 aromatic rings. The zero-order valence-corrected chi connectivity index (χ0v) is 21.0. The van der Waals surface area contributed by atoms with Crippen LogP contribution in [0.1, 0.15) is 35.8 Å². The third kappa shape index (κ3) is 5.13. The smallest absolute Gasteiger partial charge is 0.252 e. The minimum atomic E-state index is -3.15. The van der Waals surface area contributed by atoms with E-state index in [1.807, 2.05) is 55.8 Å². The number of hydrogen-bond donors (Lipinski definition) is 1. The molecule has 1 fully saturated rings. The molecule has 1 N–H and O–H groups in total. The maximum absolute atomic E-state index is 13.2. The molecule has 34 heavy (non-hydrogen) atoms. The van der Waals surface area contributed by atoms with Crippen molar-refractivity contribution in [1.82, 2.24) is 29.3 Å². The molecule has 10 heteroatoms. The molecular formula is C24H32N6O3S. The standard InChI is InChI=1S/C24H32N6O3S/c1-17(2)30-23-21(16-26-30)20(15-22(27-23)19-8-6-5-7-18(19)3)24(31)25-9-10-28-11-13-29(14-12-28)34(4,32)33/h5-8,15-17H,9-14H2,1-4H3,(H,25,31). The molecule has 2 aromatic heterocycles. The van der Waals surface area contributed by atoms with Crippen LogP contribution in [0.2, 0.25) is 0 Å². The normalized spacial score (nSPS) is 15.8. The number of piperazine rings is 1. The third-order valence-corrected chi connectivity index (χ3v) is 7.54. The maximum Gasteiger partial charge on any atom is 0.252 e. The summed E-state index contributed by atoms with van der Waals surface area (Å²) in [4.78, 5) is 20.3. The van der Waals surface area contributed by atoms with Gasteiger partial charge in [0.05, 0.1) is 29.1 Å². The number of nitrogens with one attached hydrogen (secondary N) is 1. The van der Waals surface area contributed by atoms with Crippen molar-refractivity contribution in [2.45, 2.75) is 26.8 Å². The summed E-state index contributed by atoms with van der Waals surface area (Å²) < 4.78 is 26.7. The van der Waals surface area contributed by atoms with Gasteiger partial charge < -0.3 is 5.32 Å². The Morgan fingerprint density at radius 3 is 2.50 bits per heavy atom. The SMILES string of the molecule is Cc1ccccc1-c1cc(C(=O)NCCN2CCN(S(C)(=O)=O)CC2)c2cnn(C(C)C)c2n1. The third-order valence-electron chi connectivity index (χ3n) is 6.24. The topological polar surface area (TPSA) is 100 Å². The first kappa shape index (κ1) is 24.3. The number of fused-ring (bicyclic) bond motifs is 1. The number of hydrogen-bond acceptors (Lipinski definition) is 6. The second kappa shape index (κ2) is 9.81. The van der Waals surface area contributed by atoms with E-state index in [0.717, 1.165) is 22.2 Å². The van der Waals surface area contributed by atoms with Gasteiger partial charge in [-0.15, -0.1) is 0 Å². The van der Waals surface area contributed by atoms with Gasteiger partial charge in [0.15, 0.2) is 5.65 Å². The second-order valence-electron chi connectivity index (χ2n) is 9.05. The Balaban J connectivity index is 1.53. The van der Waals surface area contributed by atoms with E-state index in [9.17, 15) is 13.2 Å². The number of nitrogens with zero attached hydrogens (tertiary/aromatic N) is 5. The van der Waals surface area contributed by atoms with Gasteiger partial charge in [0.2, 0.25) is 10.0 Å². The summed E-state index contributed by atoms with van der Waals surface area (Å²) in [5, 5.41) is 8.25. The molecule has 4 rings (SSSR count). The summed E-state index contributed by atoms with van der Waals surface area (Å²) >= 11 is 0. The highest BCUT2D eigenvalue weighted by molar-refractivity contribution is 7.88. The van der Waals surface area contributed by atoms with E-state index in [4.69, 9.17) is 4.98 Å². The summed E-state index contributed by atoms with van der Waals surface area (Å²) in [7, 11) is -3.15. The predicted molar refractivity (Wildman–Crippen MR) is 133 cm³/mol. The Labute approximate surface area is 200 Å². The van der Waals surface area contributed by atoms with Crippen molar-refractivity contribution in [1.29, 1.82) is 0 Å². The van der Waals surface area contributed by atoms with Crippen molar-refractivity contribution in [2.75, 3.05) is 45.5 Å². The molecule has 0 radical (unpaired) electrons. The Morgan fingerprint density at radius 1 is 1.15 bits per heavy atom. The van der Waals surface area contributed by atoms with Crippen LogP contribution in [0.5, 0.6) is 0 Å². The molecule has 1 amide bonds. The lowest BCUT2D eigenvalue weighted by atomic mass is 10.0. The molecule has 0 aliphatic carbocycles. The summed E-state index contributed by atoms with van der Waals surface area (Å²) in [5.41, 5.74) is 4.06. The van der Waals surface area contributed by atoms with Crippen molar-refractivity contribution < 1.29 is 13.2 Å². The number of rotatable bonds is 7. The number of aromatic nitrogens is 3. The van der Waals surface area contributed by atoms with Gasteiger partial charge in [-0.3, -0.25) is 9.69 Å². The van der Waals surface area contributed by atoms with Crippen molar-refractivity contribution >= 4 is 27.0 Å². The van der Waals surface area contributed by atoms with E-state index in [1.54, 1.807) is 6.20 Å². The molecule has 0 bridgehead atoms. The lowest BCUT2D eigenvalue weighted by Gasteiger charge is -2.33. The van der Waals surface area contributed by atoms with Crippen LogP contribution < -0.4 is 5.32 Å². The van der Waals surface area contributed by atoms with Crippen LogP contribution >= 0.6 is 0 Å². The molecule has 1 saturated heterocycles. The first-order valence-electron chi connectivity index (χ1n) is 11.5. The van der Waals surface area contributed by atoms with E-state index in [-0.39, 0.29) is 11.9 Å². The number of pyridine rings is 1. The van der Waals surface area contributed by atoms with Crippen LogP contribution in [-0.2, 0) is 10.0 Å². The average Bonchev–Trinajstić information content (AvgIpc) is 3.23. The molecular weight excluding hydrogens is 452 g/mol. The second-order valence-corrected chi connectivity index (χ2v) is 11.0. The fourth-order valence-electron chi connectivity index (χ4n) is 4.29. The molecule has 1 aromatic carbocycles. The van der Waals surface area contributed by atoms with Crippen LogP contribution in [0, 0.1) is 6.92 Å². The van der Waals surface area contributed by atoms with Gasteiger partial charge >= 0.3 is 0 Å². The summed E-state index contributed by atoms with van der Waals surface area (Å²) in [5.74, 6) is -0.166. The predicted octanol–water partition coefficient (Wildman–Crippen LogP) is 2.29. The molecule has 0 atom stereocenters. The fraction of sp³-hybridized carbons (Fsp3) is 0.458. The lowest BCUT2D eigenvalue weighted by Crippen LogP contribution is -2.49. The Kier molecular flexibility index (Phi) is 7.01. The van der Waals surface area contributed by atoms with Crippen LogP contribution in [0.4, 0.5) is 0 Å². The van der Waals surface area contributed by atoms with Gasteiger partial charge in [-0.1, -0.05) is 24.3 Å². The van der Waals surface area contributed by atoms with Gasteiger partial charge in [-0.2, -0.15) is 9.40 Å². The highest BCUT2D eigenvalue weighted by atomic mass is 32.2. The van der Waals surface area contributed by atoms with E-state index < -0.39 is 10.0 Å². The minimum Gasteiger partial charge on any atom is -0.351 e. The molecule has 3 heterocycles. The summed E-state index contributed by atoms with van der Waals surface area (Å²) in [6.45, 7) is 9.51. The Hall–Kier alpha value is -2.82. The lowest BCUT2D eigenvalue weighted by molar-refractivity contribution is 0.0946. The number of aryl methyl sites for hydroxylation is 1. The highest BCUT2D eigenvalue weighted by Crippen LogP contribution is 2.28. The first-order chi connectivity index (χ1) is 16.1. The zero-order valence-electron chi connectivity index (χ0n) is 20.2.